The number of benzene rings is 3. The fraction of sp³-hybridized carbons (Fsp3) is 0.0400. The lowest BCUT2D eigenvalue weighted by Crippen LogP contribution is -2.08. The van der Waals surface area contributed by atoms with E-state index in [1.54, 1.807) is 18.2 Å². The molecule has 0 aliphatic carbocycles. The molecular weight excluding hydrogens is 442 g/mol. The van der Waals surface area contributed by atoms with Gasteiger partial charge in [0.25, 0.3) is 0 Å². The van der Waals surface area contributed by atoms with Crippen LogP contribution in [0.25, 0.3) is 33.0 Å². The SMILES string of the molecule is Cn1c(C(=O)c2ccc(Br)cc2)c(-c2ccccc2)c2c(=O)oc3ccccc3c21. The maximum Gasteiger partial charge on any atom is 0.346 e. The van der Waals surface area contributed by atoms with Gasteiger partial charge < -0.3 is 8.98 Å². The Bertz CT molecular complexity index is 1480. The number of ketones is 1. The molecule has 146 valence electrons. The molecule has 2 heterocycles. The number of hydrogen-bond donors (Lipinski definition) is 0. The average Bonchev–Trinajstić information content (AvgIpc) is 3.08. The molecule has 5 heteroatoms. The Hall–Kier alpha value is -3.44. The molecule has 0 fully saturated rings. The zero-order valence-electron chi connectivity index (χ0n) is 16.1. The van der Waals surface area contributed by atoms with Gasteiger partial charge in [0.05, 0.1) is 16.6 Å². The third kappa shape index (κ3) is 2.82. The van der Waals surface area contributed by atoms with Crippen LogP contribution in [0.1, 0.15) is 16.1 Å². The zero-order valence-corrected chi connectivity index (χ0v) is 17.6. The summed E-state index contributed by atoms with van der Waals surface area (Å²) in [5, 5.41) is 1.21. The monoisotopic (exact) mass is 457 g/mol. The molecule has 4 nitrogen and oxygen atoms in total. The first-order chi connectivity index (χ1) is 14.6. The summed E-state index contributed by atoms with van der Waals surface area (Å²) in [4.78, 5) is 26.7. The number of rotatable bonds is 3. The van der Waals surface area contributed by atoms with Gasteiger partial charge in [-0.3, -0.25) is 4.79 Å². The normalized spacial score (nSPS) is 11.3. The van der Waals surface area contributed by atoms with Crippen molar-refractivity contribution >= 4 is 43.6 Å². The van der Waals surface area contributed by atoms with Gasteiger partial charge in [-0.2, -0.15) is 0 Å². The Morgan fingerprint density at radius 1 is 0.900 bits per heavy atom. The molecule has 0 aliphatic rings. The summed E-state index contributed by atoms with van der Waals surface area (Å²) in [5.41, 5.74) is 3.15. The molecule has 5 rings (SSSR count). The predicted molar refractivity (Wildman–Crippen MR) is 122 cm³/mol. The smallest absolute Gasteiger partial charge is 0.346 e. The van der Waals surface area contributed by atoms with Gasteiger partial charge >= 0.3 is 5.63 Å². The first-order valence-corrected chi connectivity index (χ1v) is 10.3. The van der Waals surface area contributed by atoms with Crippen molar-refractivity contribution in [1.82, 2.24) is 4.57 Å². The molecule has 0 amide bonds. The maximum absolute atomic E-state index is 13.6. The second-order valence-electron chi connectivity index (χ2n) is 7.09. The molecule has 0 spiro atoms. The number of para-hydroxylation sites is 1. The van der Waals surface area contributed by atoms with Gasteiger partial charge in [0.15, 0.2) is 0 Å². The van der Waals surface area contributed by atoms with Crippen LogP contribution in [0.5, 0.6) is 0 Å². The first kappa shape index (κ1) is 18.6. The molecule has 0 N–H and O–H groups in total. The predicted octanol–water partition coefficient (Wildman–Crippen LogP) is 5.95. The lowest BCUT2D eigenvalue weighted by atomic mass is 9.98. The van der Waals surface area contributed by atoms with Crippen LogP contribution >= 0.6 is 15.9 Å². The van der Waals surface area contributed by atoms with Gasteiger partial charge in [0.1, 0.15) is 5.58 Å². The molecule has 3 aromatic carbocycles. The van der Waals surface area contributed by atoms with E-state index in [4.69, 9.17) is 4.42 Å². The highest BCUT2D eigenvalue weighted by Crippen LogP contribution is 2.37. The van der Waals surface area contributed by atoms with Crippen LogP contribution in [0.4, 0.5) is 0 Å². The van der Waals surface area contributed by atoms with Gasteiger partial charge in [-0.05, 0) is 42.0 Å². The van der Waals surface area contributed by atoms with Gasteiger partial charge in [-0.1, -0.05) is 58.4 Å². The molecule has 0 atom stereocenters. The Morgan fingerprint density at radius 2 is 1.57 bits per heavy atom. The molecule has 0 bridgehead atoms. The molecule has 30 heavy (non-hydrogen) atoms. The van der Waals surface area contributed by atoms with E-state index in [0.29, 0.717) is 33.3 Å². The number of aromatic nitrogens is 1. The Morgan fingerprint density at radius 3 is 2.30 bits per heavy atom. The molecule has 0 saturated carbocycles. The van der Waals surface area contributed by atoms with E-state index in [1.165, 1.54) is 0 Å². The van der Waals surface area contributed by atoms with Crippen LogP contribution in [0.2, 0.25) is 0 Å². The quantitative estimate of drug-likeness (QED) is 0.248. The lowest BCUT2D eigenvalue weighted by Gasteiger charge is -2.08. The minimum atomic E-state index is -0.451. The first-order valence-electron chi connectivity index (χ1n) is 9.46. The van der Waals surface area contributed by atoms with Crippen molar-refractivity contribution in [3.8, 4) is 11.1 Å². The van der Waals surface area contributed by atoms with Gasteiger partial charge in [-0.15, -0.1) is 0 Å². The van der Waals surface area contributed by atoms with Crippen LogP contribution in [0, 0.1) is 0 Å². The summed E-state index contributed by atoms with van der Waals surface area (Å²) in [6.45, 7) is 0. The molecule has 0 unspecified atom stereocenters. The van der Waals surface area contributed by atoms with Crippen LogP contribution in [0.3, 0.4) is 0 Å². The molecular formula is C25H16BrNO3. The van der Waals surface area contributed by atoms with E-state index in [9.17, 15) is 9.59 Å². The summed E-state index contributed by atoms with van der Waals surface area (Å²) in [7, 11) is 1.83. The van der Waals surface area contributed by atoms with Crippen LogP contribution < -0.4 is 5.63 Å². The highest BCUT2D eigenvalue weighted by Gasteiger charge is 2.27. The lowest BCUT2D eigenvalue weighted by molar-refractivity contribution is 0.103. The Balaban J connectivity index is 1.94. The number of aryl methyl sites for hydroxylation is 1. The molecule has 5 aromatic rings. The van der Waals surface area contributed by atoms with E-state index in [1.807, 2.05) is 72.3 Å². The number of hydrogen-bond acceptors (Lipinski definition) is 3. The van der Waals surface area contributed by atoms with Crippen molar-refractivity contribution < 1.29 is 9.21 Å². The highest BCUT2D eigenvalue weighted by molar-refractivity contribution is 9.10. The van der Waals surface area contributed by atoms with Crippen molar-refractivity contribution in [3.63, 3.8) is 0 Å². The topological polar surface area (TPSA) is 52.2 Å². The molecule has 0 radical (unpaired) electrons. The number of nitrogens with zero attached hydrogens (tertiary/aromatic N) is 1. The van der Waals surface area contributed by atoms with Crippen molar-refractivity contribution in [2.45, 2.75) is 0 Å². The van der Waals surface area contributed by atoms with E-state index >= 15 is 0 Å². The molecule has 2 aromatic heterocycles. The van der Waals surface area contributed by atoms with Gasteiger partial charge in [0.2, 0.25) is 5.78 Å². The summed E-state index contributed by atoms with van der Waals surface area (Å²) >= 11 is 3.41. The highest BCUT2D eigenvalue weighted by atomic mass is 79.9. The third-order valence-electron chi connectivity index (χ3n) is 5.33. The summed E-state index contributed by atoms with van der Waals surface area (Å²) in [6, 6.07) is 24.1. The second kappa shape index (κ2) is 7.11. The Kier molecular flexibility index (Phi) is 4.40. The molecule has 0 saturated heterocycles. The largest absolute Gasteiger partial charge is 0.422 e. The van der Waals surface area contributed by atoms with Crippen molar-refractivity contribution in [3.05, 3.63) is 105 Å². The Labute approximate surface area is 180 Å². The van der Waals surface area contributed by atoms with Crippen molar-refractivity contribution in [1.29, 1.82) is 0 Å². The minimum Gasteiger partial charge on any atom is -0.422 e. The number of halogens is 1. The van der Waals surface area contributed by atoms with Crippen molar-refractivity contribution in [2.75, 3.05) is 0 Å². The van der Waals surface area contributed by atoms with E-state index < -0.39 is 5.63 Å². The summed E-state index contributed by atoms with van der Waals surface area (Å²) in [5.74, 6) is -0.150. The maximum atomic E-state index is 13.6. The van der Waals surface area contributed by atoms with Gasteiger partial charge in [-0.25, -0.2) is 4.79 Å². The van der Waals surface area contributed by atoms with Crippen molar-refractivity contribution in [2.24, 2.45) is 7.05 Å². The third-order valence-corrected chi connectivity index (χ3v) is 5.86. The number of carbonyl (C=O) groups is 1. The second-order valence-corrected chi connectivity index (χ2v) is 8.01. The van der Waals surface area contributed by atoms with Gasteiger partial charge in [0, 0.05) is 28.0 Å². The molecule has 0 aliphatic heterocycles. The summed E-state index contributed by atoms with van der Waals surface area (Å²) in [6.07, 6.45) is 0. The number of fused-ring (bicyclic) bond motifs is 3. The van der Waals surface area contributed by atoms with E-state index in [0.717, 1.165) is 15.4 Å². The average molecular weight is 458 g/mol. The fourth-order valence-corrected chi connectivity index (χ4v) is 4.25. The van der Waals surface area contributed by atoms with Crippen LogP contribution in [-0.2, 0) is 7.05 Å². The van der Waals surface area contributed by atoms with E-state index in [2.05, 4.69) is 15.9 Å². The minimum absolute atomic E-state index is 0.150. The fourth-order valence-electron chi connectivity index (χ4n) is 3.99. The summed E-state index contributed by atoms with van der Waals surface area (Å²) < 4.78 is 8.34. The van der Waals surface area contributed by atoms with Crippen LogP contribution in [0.15, 0.2) is 92.5 Å². The number of carbonyl (C=O) groups excluding carboxylic acids is 1. The standard InChI is InChI=1S/C25H16BrNO3/c1-27-22-18-9-5-6-10-19(18)30-25(29)21(22)20(15-7-3-2-4-8-15)23(27)24(28)16-11-13-17(26)14-12-16/h2-14H,1H3. The van der Waals surface area contributed by atoms with Crippen LogP contribution in [-0.4, -0.2) is 10.4 Å². The van der Waals surface area contributed by atoms with E-state index in [-0.39, 0.29) is 5.78 Å². The zero-order chi connectivity index (χ0) is 20.8.